The SMILES string of the molecule is CC(C)c1cc(C(=O)Nc2ccccc2CN2CCOCC2)c(O)cc1O. The van der Waals surface area contributed by atoms with Crippen LogP contribution in [-0.4, -0.2) is 47.3 Å². The zero-order valence-corrected chi connectivity index (χ0v) is 15.7. The Bertz CT molecular complexity index is 814. The molecule has 3 rings (SSSR count). The highest BCUT2D eigenvalue weighted by Gasteiger charge is 2.19. The van der Waals surface area contributed by atoms with Crippen LogP contribution in [0.25, 0.3) is 0 Å². The molecule has 1 aliphatic heterocycles. The third-order valence-electron chi connectivity index (χ3n) is 4.77. The Balaban J connectivity index is 1.81. The van der Waals surface area contributed by atoms with E-state index in [4.69, 9.17) is 4.74 Å². The minimum atomic E-state index is -0.399. The minimum absolute atomic E-state index is 0.00762. The maximum Gasteiger partial charge on any atom is 0.259 e. The van der Waals surface area contributed by atoms with Crippen LogP contribution in [-0.2, 0) is 11.3 Å². The number of ether oxygens (including phenoxy) is 1. The van der Waals surface area contributed by atoms with Gasteiger partial charge in [0, 0.05) is 31.4 Å². The first kappa shape index (κ1) is 19.2. The summed E-state index contributed by atoms with van der Waals surface area (Å²) in [6, 6.07) is 10.4. The third kappa shape index (κ3) is 4.59. The summed E-state index contributed by atoms with van der Waals surface area (Å²) >= 11 is 0. The van der Waals surface area contributed by atoms with Crippen molar-refractivity contribution in [3.63, 3.8) is 0 Å². The summed E-state index contributed by atoms with van der Waals surface area (Å²) in [5.41, 5.74) is 2.50. The van der Waals surface area contributed by atoms with E-state index in [1.54, 1.807) is 6.07 Å². The minimum Gasteiger partial charge on any atom is -0.508 e. The zero-order chi connectivity index (χ0) is 19.4. The first-order valence-corrected chi connectivity index (χ1v) is 9.21. The van der Waals surface area contributed by atoms with Gasteiger partial charge in [0.05, 0.1) is 18.8 Å². The maximum absolute atomic E-state index is 12.8. The van der Waals surface area contributed by atoms with E-state index in [9.17, 15) is 15.0 Å². The molecule has 0 spiro atoms. The molecule has 1 amide bonds. The summed E-state index contributed by atoms with van der Waals surface area (Å²) in [6.45, 7) is 7.72. The lowest BCUT2D eigenvalue weighted by atomic mass is 9.98. The molecule has 2 aromatic carbocycles. The molecule has 1 heterocycles. The molecule has 0 bridgehead atoms. The first-order valence-electron chi connectivity index (χ1n) is 9.21. The van der Waals surface area contributed by atoms with E-state index in [0.717, 1.165) is 25.2 Å². The van der Waals surface area contributed by atoms with Crippen LogP contribution in [0.2, 0.25) is 0 Å². The molecule has 0 aromatic heterocycles. The number of nitrogens with zero attached hydrogens (tertiary/aromatic N) is 1. The number of carbonyl (C=O) groups excluding carboxylic acids is 1. The highest BCUT2D eigenvalue weighted by Crippen LogP contribution is 2.32. The molecule has 6 heteroatoms. The van der Waals surface area contributed by atoms with Crippen molar-refractivity contribution in [2.24, 2.45) is 0 Å². The monoisotopic (exact) mass is 370 g/mol. The molecule has 0 aliphatic carbocycles. The Morgan fingerprint density at radius 3 is 2.56 bits per heavy atom. The number of hydrogen-bond acceptors (Lipinski definition) is 5. The van der Waals surface area contributed by atoms with Crippen LogP contribution in [0.1, 0.15) is 41.3 Å². The lowest BCUT2D eigenvalue weighted by Crippen LogP contribution is -2.35. The largest absolute Gasteiger partial charge is 0.508 e. The van der Waals surface area contributed by atoms with Gasteiger partial charge in [-0.1, -0.05) is 32.0 Å². The maximum atomic E-state index is 12.8. The number of aromatic hydroxyl groups is 2. The van der Waals surface area contributed by atoms with Crippen LogP contribution in [0.4, 0.5) is 5.69 Å². The molecule has 0 atom stereocenters. The summed E-state index contributed by atoms with van der Waals surface area (Å²) in [5, 5.41) is 23.0. The van der Waals surface area contributed by atoms with Gasteiger partial charge in [-0.2, -0.15) is 0 Å². The second-order valence-corrected chi connectivity index (χ2v) is 7.08. The molecule has 1 saturated heterocycles. The van der Waals surface area contributed by atoms with Gasteiger partial charge in [0.2, 0.25) is 0 Å². The smallest absolute Gasteiger partial charge is 0.259 e. The fourth-order valence-electron chi connectivity index (χ4n) is 3.21. The molecule has 1 aliphatic rings. The second-order valence-electron chi connectivity index (χ2n) is 7.08. The highest BCUT2D eigenvalue weighted by molar-refractivity contribution is 6.06. The quantitative estimate of drug-likeness (QED) is 0.752. The summed E-state index contributed by atoms with van der Waals surface area (Å²) in [5.74, 6) is -0.610. The number of para-hydroxylation sites is 1. The van der Waals surface area contributed by atoms with Gasteiger partial charge in [-0.3, -0.25) is 9.69 Å². The molecule has 144 valence electrons. The van der Waals surface area contributed by atoms with Crippen LogP contribution in [0, 0.1) is 0 Å². The number of amides is 1. The van der Waals surface area contributed by atoms with Crippen LogP contribution in [0.5, 0.6) is 11.5 Å². The van der Waals surface area contributed by atoms with E-state index in [1.807, 2.05) is 38.1 Å². The Morgan fingerprint density at radius 1 is 1.15 bits per heavy atom. The predicted molar refractivity (Wildman–Crippen MR) is 104 cm³/mol. The Kier molecular flexibility index (Phi) is 5.98. The normalized spacial score (nSPS) is 15.1. The average molecular weight is 370 g/mol. The molecule has 6 nitrogen and oxygen atoms in total. The molecular weight excluding hydrogens is 344 g/mol. The fraction of sp³-hybridized carbons (Fsp3) is 0.381. The summed E-state index contributed by atoms with van der Waals surface area (Å²) in [6.07, 6.45) is 0. The van der Waals surface area contributed by atoms with E-state index in [-0.39, 0.29) is 23.0 Å². The van der Waals surface area contributed by atoms with Crippen LogP contribution >= 0.6 is 0 Å². The van der Waals surface area contributed by atoms with Gasteiger partial charge < -0.3 is 20.3 Å². The fourth-order valence-corrected chi connectivity index (χ4v) is 3.21. The molecule has 0 radical (unpaired) electrons. The van der Waals surface area contributed by atoms with E-state index in [2.05, 4.69) is 10.2 Å². The standard InChI is InChI=1S/C21H26N2O4/c1-14(2)16-11-17(20(25)12-19(16)24)21(26)22-18-6-4-3-5-15(18)13-23-7-9-27-10-8-23/h3-6,11-12,14,24-25H,7-10,13H2,1-2H3,(H,22,26). The molecule has 2 aromatic rings. The first-order chi connectivity index (χ1) is 13.0. The summed E-state index contributed by atoms with van der Waals surface area (Å²) < 4.78 is 5.38. The van der Waals surface area contributed by atoms with Crippen molar-refractivity contribution in [3.05, 3.63) is 53.1 Å². The number of nitrogens with one attached hydrogen (secondary N) is 1. The van der Waals surface area contributed by atoms with Crippen LogP contribution in [0.3, 0.4) is 0 Å². The number of rotatable bonds is 5. The number of carbonyl (C=O) groups is 1. The van der Waals surface area contributed by atoms with E-state index in [1.165, 1.54) is 6.07 Å². The van der Waals surface area contributed by atoms with Gasteiger partial charge in [0.25, 0.3) is 5.91 Å². The predicted octanol–water partition coefficient (Wildman–Crippen LogP) is 3.31. The van der Waals surface area contributed by atoms with Crippen molar-refractivity contribution in [2.45, 2.75) is 26.3 Å². The topological polar surface area (TPSA) is 82.0 Å². The van der Waals surface area contributed by atoms with Crippen molar-refractivity contribution in [2.75, 3.05) is 31.6 Å². The van der Waals surface area contributed by atoms with Gasteiger partial charge in [0.1, 0.15) is 11.5 Å². The highest BCUT2D eigenvalue weighted by atomic mass is 16.5. The molecule has 1 fully saturated rings. The summed E-state index contributed by atoms with van der Waals surface area (Å²) in [4.78, 5) is 15.1. The average Bonchev–Trinajstić information content (AvgIpc) is 2.64. The number of phenols is 2. The third-order valence-corrected chi connectivity index (χ3v) is 4.77. The number of hydrogen-bond donors (Lipinski definition) is 3. The van der Waals surface area contributed by atoms with Crippen molar-refractivity contribution >= 4 is 11.6 Å². The van der Waals surface area contributed by atoms with E-state index < -0.39 is 5.91 Å². The van der Waals surface area contributed by atoms with E-state index in [0.29, 0.717) is 24.5 Å². The Labute approximate surface area is 159 Å². The Morgan fingerprint density at radius 2 is 1.85 bits per heavy atom. The zero-order valence-electron chi connectivity index (χ0n) is 15.7. The van der Waals surface area contributed by atoms with Crippen molar-refractivity contribution < 1.29 is 19.7 Å². The van der Waals surface area contributed by atoms with Gasteiger partial charge >= 0.3 is 0 Å². The molecular formula is C21H26N2O4. The number of benzene rings is 2. The van der Waals surface area contributed by atoms with Gasteiger partial charge in [-0.05, 0) is 29.2 Å². The number of morpholine rings is 1. The lowest BCUT2D eigenvalue weighted by molar-refractivity contribution is 0.0342. The number of anilines is 1. The Hall–Kier alpha value is -2.57. The molecule has 0 saturated carbocycles. The molecule has 3 N–H and O–H groups in total. The lowest BCUT2D eigenvalue weighted by Gasteiger charge is -2.27. The molecule has 0 unspecified atom stereocenters. The van der Waals surface area contributed by atoms with Gasteiger partial charge in [-0.25, -0.2) is 0 Å². The summed E-state index contributed by atoms with van der Waals surface area (Å²) in [7, 11) is 0. The van der Waals surface area contributed by atoms with Crippen molar-refractivity contribution in [3.8, 4) is 11.5 Å². The number of phenolic OH excluding ortho intramolecular Hbond substituents is 2. The van der Waals surface area contributed by atoms with Crippen molar-refractivity contribution in [1.82, 2.24) is 4.90 Å². The van der Waals surface area contributed by atoms with Crippen molar-refractivity contribution in [1.29, 1.82) is 0 Å². The molecule has 27 heavy (non-hydrogen) atoms. The van der Waals surface area contributed by atoms with Crippen LogP contribution < -0.4 is 5.32 Å². The second kappa shape index (κ2) is 8.41. The van der Waals surface area contributed by atoms with Gasteiger partial charge in [0.15, 0.2) is 0 Å². The van der Waals surface area contributed by atoms with Gasteiger partial charge in [-0.15, -0.1) is 0 Å². The van der Waals surface area contributed by atoms with E-state index >= 15 is 0 Å². The van der Waals surface area contributed by atoms with Crippen LogP contribution in [0.15, 0.2) is 36.4 Å².